The van der Waals surface area contributed by atoms with Gasteiger partial charge in [0.25, 0.3) is 0 Å². The highest BCUT2D eigenvalue weighted by molar-refractivity contribution is 5.81. The number of rotatable bonds is 2. The molecule has 0 spiro atoms. The molecule has 0 aliphatic heterocycles. The molecule has 2 fully saturated rings. The average Bonchev–Trinajstić information content (AvgIpc) is 3.08. The third-order valence-corrected chi connectivity index (χ3v) is 5.18. The standard InChI is InChI=1S/C17H19NO/c19-17(15-10-11-6-7-13(15)9-11)14-5-1-3-12-4-2-8-18-16(12)14/h1-5,8,11,13,15,17,19H,6-7,9-10H2. The molecule has 4 rings (SSSR count). The van der Waals surface area contributed by atoms with Crippen molar-refractivity contribution < 1.29 is 5.11 Å². The van der Waals surface area contributed by atoms with Crippen LogP contribution in [0, 0.1) is 17.8 Å². The van der Waals surface area contributed by atoms with Crippen LogP contribution in [0.4, 0.5) is 0 Å². The van der Waals surface area contributed by atoms with Gasteiger partial charge in [-0.1, -0.05) is 30.7 Å². The summed E-state index contributed by atoms with van der Waals surface area (Å²) >= 11 is 0. The first kappa shape index (κ1) is 11.4. The highest BCUT2D eigenvalue weighted by atomic mass is 16.3. The molecule has 0 saturated heterocycles. The van der Waals surface area contributed by atoms with Crippen LogP contribution in [-0.2, 0) is 0 Å². The van der Waals surface area contributed by atoms with Crippen LogP contribution >= 0.6 is 0 Å². The van der Waals surface area contributed by atoms with E-state index >= 15 is 0 Å². The molecule has 1 heterocycles. The third-order valence-electron chi connectivity index (χ3n) is 5.18. The Morgan fingerprint density at radius 3 is 2.79 bits per heavy atom. The summed E-state index contributed by atoms with van der Waals surface area (Å²) in [4.78, 5) is 4.48. The number of fused-ring (bicyclic) bond motifs is 3. The van der Waals surface area contributed by atoms with Crippen molar-refractivity contribution in [3.05, 3.63) is 42.1 Å². The van der Waals surface area contributed by atoms with E-state index in [0.29, 0.717) is 5.92 Å². The van der Waals surface area contributed by atoms with Gasteiger partial charge in [0, 0.05) is 17.1 Å². The minimum absolute atomic E-state index is 0.339. The summed E-state index contributed by atoms with van der Waals surface area (Å²) in [6.45, 7) is 0. The van der Waals surface area contributed by atoms with Gasteiger partial charge in [-0.05, 0) is 43.1 Å². The molecule has 2 aliphatic rings. The van der Waals surface area contributed by atoms with Crippen molar-refractivity contribution in [3.63, 3.8) is 0 Å². The fourth-order valence-corrected chi connectivity index (χ4v) is 4.28. The fraction of sp³-hybridized carbons (Fsp3) is 0.471. The second-order valence-electron chi connectivity index (χ2n) is 6.21. The predicted octanol–water partition coefficient (Wildman–Crippen LogP) is 3.70. The topological polar surface area (TPSA) is 33.1 Å². The lowest BCUT2D eigenvalue weighted by atomic mass is 9.81. The van der Waals surface area contributed by atoms with Crippen molar-refractivity contribution >= 4 is 10.9 Å². The molecule has 2 saturated carbocycles. The minimum atomic E-state index is -0.339. The lowest BCUT2D eigenvalue weighted by molar-refractivity contribution is 0.0756. The Morgan fingerprint density at radius 1 is 1.11 bits per heavy atom. The number of hydrogen-bond acceptors (Lipinski definition) is 2. The molecule has 2 aliphatic carbocycles. The first-order chi connectivity index (χ1) is 9.33. The molecule has 98 valence electrons. The number of benzene rings is 1. The molecule has 0 amide bonds. The normalized spacial score (nSPS) is 30.9. The second kappa shape index (κ2) is 4.31. The minimum Gasteiger partial charge on any atom is -0.388 e. The van der Waals surface area contributed by atoms with E-state index < -0.39 is 0 Å². The highest BCUT2D eigenvalue weighted by Crippen LogP contribution is 2.52. The van der Waals surface area contributed by atoms with Crippen LogP contribution in [-0.4, -0.2) is 10.1 Å². The number of aliphatic hydroxyl groups excluding tert-OH is 1. The molecule has 4 atom stereocenters. The molecule has 1 aromatic carbocycles. The maximum absolute atomic E-state index is 10.8. The van der Waals surface area contributed by atoms with Crippen molar-refractivity contribution in [1.29, 1.82) is 0 Å². The Morgan fingerprint density at radius 2 is 2.00 bits per heavy atom. The molecule has 2 aromatic rings. The molecule has 2 nitrogen and oxygen atoms in total. The average molecular weight is 253 g/mol. The highest BCUT2D eigenvalue weighted by Gasteiger charge is 2.43. The summed E-state index contributed by atoms with van der Waals surface area (Å²) < 4.78 is 0. The fourth-order valence-electron chi connectivity index (χ4n) is 4.28. The molecule has 0 radical (unpaired) electrons. The molecule has 2 heteroatoms. The van der Waals surface area contributed by atoms with Gasteiger partial charge >= 0.3 is 0 Å². The van der Waals surface area contributed by atoms with Gasteiger partial charge in [0.1, 0.15) is 0 Å². The Bertz CT molecular complexity index is 604. The summed E-state index contributed by atoms with van der Waals surface area (Å²) in [5, 5.41) is 11.9. The van der Waals surface area contributed by atoms with E-state index in [1.165, 1.54) is 25.7 Å². The summed E-state index contributed by atoms with van der Waals surface area (Å²) in [5.41, 5.74) is 2.00. The van der Waals surface area contributed by atoms with Gasteiger partial charge in [-0.2, -0.15) is 0 Å². The van der Waals surface area contributed by atoms with Gasteiger partial charge in [0.15, 0.2) is 0 Å². The molecule has 19 heavy (non-hydrogen) atoms. The van der Waals surface area contributed by atoms with Gasteiger partial charge in [-0.15, -0.1) is 0 Å². The quantitative estimate of drug-likeness (QED) is 0.885. The van der Waals surface area contributed by atoms with E-state index in [4.69, 9.17) is 0 Å². The monoisotopic (exact) mass is 253 g/mol. The van der Waals surface area contributed by atoms with Crippen LogP contribution in [0.1, 0.15) is 37.4 Å². The van der Waals surface area contributed by atoms with E-state index in [1.807, 2.05) is 24.4 Å². The SMILES string of the molecule is OC(c1cccc2cccnc12)C1CC2CCC1C2. The number of hydrogen-bond donors (Lipinski definition) is 1. The Labute approximate surface area is 113 Å². The number of pyridine rings is 1. The van der Waals surface area contributed by atoms with Crippen molar-refractivity contribution in [3.8, 4) is 0 Å². The maximum Gasteiger partial charge on any atom is 0.0842 e. The van der Waals surface area contributed by atoms with Gasteiger partial charge < -0.3 is 5.11 Å². The van der Waals surface area contributed by atoms with Crippen LogP contribution in [0.2, 0.25) is 0 Å². The molecule has 1 N–H and O–H groups in total. The summed E-state index contributed by atoms with van der Waals surface area (Å²) in [6.07, 6.45) is 6.70. The third kappa shape index (κ3) is 1.78. The molecule has 1 aromatic heterocycles. The van der Waals surface area contributed by atoms with Gasteiger partial charge in [-0.3, -0.25) is 4.98 Å². The predicted molar refractivity (Wildman–Crippen MR) is 75.6 cm³/mol. The lowest BCUT2D eigenvalue weighted by Gasteiger charge is -2.27. The second-order valence-corrected chi connectivity index (χ2v) is 6.21. The van der Waals surface area contributed by atoms with Crippen LogP contribution in [0.25, 0.3) is 10.9 Å². The zero-order valence-electron chi connectivity index (χ0n) is 11.0. The molecule has 4 unspecified atom stereocenters. The lowest BCUT2D eigenvalue weighted by Crippen LogP contribution is -2.19. The summed E-state index contributed by atoms with van der Waals surface area (Å²) in [5.74, 6) is 2.05. The summed E-state index contributed by atoms with van der Waals surface area (Å²) in [7, 11) is 0. The van der Waals surface area contributed by atoms with Gasteiger partial charge in [0.2, 0.25) is 0 Å². The smallest absolute Gasteiger partial charge is 0.0842 e. The van der Waals surface area contributed by atoms with E-state index in [-0.39, 0.29) is 6.10 Å². The van der Waals surface area contributed by atoms with Crippen molar-refractivity contribution in [2.75, 3.05) is 0 Å². The van der Waals surface area contributed by atoms with Crippen molar-refractivity contribution in [1.82, 2.24) is 4.98 Å². The van der Waals surface area contributed by atoms with Crippen LogP contribution in [0.3, 0.4) is 0 Å². The van der Waals surface area contributed by atoms with Crippen LogP contribution in [0.5, 0.6) is 0 Å². The van der Waals surface area contributed by atoms with E-state index in [0.717, 1.165) is 28.3 Å². The Hall–Kier alpha value is -1.41. The largest absolute Gasteiger partial charge is 0.388 e. The maximum atomic E-state index is 10.8. The van der Waals surface area contributed by atoms with Crippen molar-refractivity contribution in [2.45, 2.75) is 31.8 Å². The number of aromatic nitrogens is 1. The zero-order valence-corrected chi connectivity index (χ0v) is 11.0. The zero-order chi connectivity index (χ0) is 12.8. The number of nitrogens with zero attached hydrogens (tertiary/aromatic N) is 1. The Kier molecular flexibility index (Phi) is 2.59. The van der Waals surface area contributed by atoms with Crippen molar-refractivity contribution in [2.24, 2.45) is 17.8 Å². The van der Waals surface area contributed by atoms with Gasteiger partial charge in [-0.25, -0.2) is 0 Å². The first-order valence-electron chi connectivity index (χ1n) is 7.34. The molecule has 2 bridgehead atoms. The van der Waals surface area contributed by atoms with E-state index in [1.54, 1.807) is 0 Å². The van der Waals surface area contributed by atoms with Crippen LogP contribution < -0.4 is 0 Å². The number of aliphatic hydroxyl groups is 1. The van der Waals surface area contributed by atoms with Crippen LogP contribution in [0.15, 0.2) is 36.5 Å². The van der Waals surface area contributed by atoms with Gasteiger partial charge in [0.05, 0.1) is 11.6 Å². The Balaban J connectivity index is 1.74. The first-order valence-corrected chi connectivity index (χ1v) is 7.34. The van der Waals surface area contributed by atoms with E-state index in [2.05, 4.69) is 17.1 Å². The van der Waals surface area contributed by atoms with E-state index in [9.17, 15) is 5.11 Å². The molecular formula is C17H19NO. The molecular weight excluding hydrogens is 234 g/mol. The summed E-state index contributed by atoms with van der Waals surface area (Å²) in [6, 6.07) is 10.2. The number of para-hydroxylation sites is 1.